The first-order chi connectivity index (χ1) is 13.0. The Bertz CT molecular complexity index is 1090. The summed E-state index contributed by atoms with van der Waals surface area (Å²) in [5.74, 6) is 0.291. The predicted octanol–water partition coefficient (Wildman–Crippen LogP) is 4.93. The minimum absolute atomic E-state index is 0.0346. The van der Waals surface area contributed by atoms with Gasteiger partial charge in [-0.1, -0.05) is 6.92 Å². The molecule has 0 aliphatic rings. The van der Waals surface area contributed by atoms with Gasteiger partial charge in [-0.2, -0.15) is 36.1 Å². The van der Waals surface area contributed by atoms with Gasteiger partial charge in [0, 0.05) is 11.6 Å². The molecule has 0 radical (unpaired) electrons. The fourth-order valence-corrected chi connectivity index (χ4v) is 3.28. The number of hydrogen-bond donors (Lipinski definition) is 0. The van der Waals surface area contributed by atoms with Crippen LogP contribution in [-0.4, -0.2) is 20.5 Å². The van der Waals surface area contributed by atoms with Crippen molar-refractivity contribution in [1.82, 2.24) is 14.8 Å². The molecule has 0 unspecified atom stereocenters. The number of rotatable bonds is 3. The lowest BCUT2D eigenvalue weighted by Crippen LogP contribution is -2.23. The monoisotopic (exact) mass is 419 g/mol. The second-order valence-electron chi connectivity index (χ2n) is 5.64. The Balaban J connectivity index is 2.18. The van der Waals surface area contributed by atoms with Gasteiger partial charge in [0.1, 0.15) is 0 Å². The zero-order chi connectivity index (χ0) is 20.7. The van der Waals surface area contributed by atoms with Crippen molar-refractivity contribution in [2.24, 2.45) is 0 Å². The third-order valence-corrected chi connectivity index (χ3v) is 4.67. The Morgan fingerprint density at radius 3 is 2.29 bits per heavy atom. The number of halogens is 6. The highest BCUT2D eigenvalue weighted by Gasteiger charge is 2.32. The molecule has 2 aromatic heterocycles. The molecule has 2 heterocycles. The van der Waals surface area contributed by atoms with Crippen LogP contribution in [0.15, 0.2) is 46.3 Å². The summed E-state index contributed by atoms with van der Waals surface area (Å²) in [4.78, 5) is 16.5. The summed E-state index contributed by atoms with van der Waals surface area (Å²) in [7, 11) is 0. The zero-order valence-corrected chi connectivity index (χ0v) is 14.9. The molecule has 3 rings (SSSR count). The summed E-state index contributed by atoms with van der Waals surface area (Å²) in [5, 5.41) is 3.72. The summed E-state index contributed by atoms with van der Waals surface area (Å²) in [6, 6.07) is 3.42. The molecule has 1 aromatic carbocycles. The van der Waals surface area contributed by atoms with Gasteiger partial charge in [-0.25, -0.2) is 4.98 Å². The van der Waals surface area contributed by atoms with Crippen LogP contribution in [-0.2, 0) is 12.4 Å². The normalized spacial score (nSPS) is 12.5. The lowest BCUT2D eigenvalue weighted by Gasteiger charge is -2.13. The molecule has 0 bridgehead atoms. The highest BCUT2D eigenvalue weighted by molar-refractivity contribution is 7.99. The average Bonchev–Trinajstić information content (AvgIpc) is 2.61. The maximum Gasteiger partial charge on any atom is 0.417 e. The number of nitrogens with zero attached hydrogens (tertiary/aromatic N) is 3. The molecule has 11 heteroatoms. The van der Waals surface area contributed by atoms with Crippen LogP contribution in [0, 0.1) is 0 Å². The third kappa shape index (κ3) is 3.84. The highest BCUT2D eigenvalue weighted by atomic mass is 32.2. The van der Waals surface area contributed by atoms with Gasteiger partial charge in [-0.05, 0) is 30.0 Å². The smallest absolute Gasteiger partial charge is 0.267 e. The number of benzene rings is 1. The lowest BCUT2D eigenvalue weighted by atomic mass is 10.1. The van der Waals surface area contributed by atoms with Gasteiger partial charge in [0.15, 0.2) is 5.82 Å². The van der Waals surface area contributed by atoms with Crippen LogP contribution in [0.25, 0.3) is 16.6 Å². The van der Waals surface area contributed by atoms with E-state index in [1.807, 2.05) is 0 Å². The molecular formula is C17H11F6N3OS. The van der Waals surface area contributed by atoms with Crippen LogP contribution in [0.2, 0.25) is 0 Å². The van der Waals surface area contributed by atoms with Crippen molar-refractivity contribution in [2.45, 2.75) is 24.2 Å². The first kappa shape index (κ1) is 20.2. The largest absolute Gasteiger partial charge is 0.417 e. The van der Waals surface area contributed by atoms with Crippen molar-refractivity contribution in [3.63, 3.8) is 0 Å². The second kappa shape index (κ2) is 7.12. The van der Waals surface area contributed by atoms with Crippen LogP contribution in [0.4, 0.5) is 26.3 Å². The van der Waals surface area contributed by atoms with E-state index in [0.29, 0.717) is 11.9 Å². The van der Waals surface area contributed by atoms with Crippen molar-refractivity contribution in [3.05, 3.63) is 58.1 Å². The fraction of sp³-hybridized carbons (Fsp3) is 0.235. The first-order valence-electron chi connectivity index (χ1n) is 7.82. The number of thioether (sulfide) groups is 1. The molecule has 0 aliphatic heterocycles. The minimum Gasteiger partial charge on any atom is -0.267 e. The van der Waals surface area contributed by atoms with Gasteiger partial charge in [0.05, 0.1) is 27.6 Å². The Kier molecular flexibility index (Phi) is 5.13. The Morgan fingerprint density at radius 1 is 1.00 bits per heavy atom. The average molecular weight is 419 g/mol. The standard InChI is InChI=1S/C17H11F6N3OS/c1-2-28-13-6-11(17(21,22)23)8-24-14(13)26-15(27)12-4-3-10(16(18,19)20)5-9(12)7-25-26/h3-8H,2H2,1H3. The highest BCUT2D eigenvalue weighted by Crippen LogP contribution is 2.34. The second-order valence-corrected chi connectivity index (χ2v) is 6.94. The number of aromatic nitrogens is 3. The fourth-order valence-electron chi connectivity index (χ4n) is 2.49. The first-order valence-corrected chi connectivity index (χ1v) is 8.80. The van der Waals surface area contributed by atoms with E-state index in [1.165, 1.54) is 0 Å². The van der Waals surface area contributed by atoms with E-state index >= 15 is 0 Å². The van der Waals surface area contributed by atoms with Gasteiger partial charge in [-0.15, -0.1) is 11.8 Å². The number of pyridine rings is 1. The van der Waals surface area contributed by atoms with Crippen LogP contribution < -0.4 is 5.56 Å². The summed E-state index contributed by atoms with van der Waals surface area (Å²) < 4.78 is 78.1. The predicted molar refractivity (Wildman–Crippen MR) is 91.5 cm³/mol. The molecule has 0 amide bonds. The summed E-state index contributed by atoms with van der Waals surface area (Å²) in [6.45, 7) is 1.71. The summed E-state index contributed by atoms with van der Waals surface area (Å²) >= 11 is 1.04. The molecule has 0 aliphatic carbocycles. The van der Waals surface area contributed by atoms with Crippen LogP contribution in [0.3, 0.4) is 0 Å². The van der Waals surface area contributed by atoms with E-state index in [1.54, 1.807) is 6.92 Å². The lowest BCUT2D eigenvalue weighted by molar-refractivity contribution is -0.138. The molecule has 0 spiro atoms. The van der Waals surface area contributed by atoms with Gasteiger partial charge >= 0.3 is 12.4 Å². The number of fused-ring (bicyclic) bond motifs is 1. The third-order valence-electron chi connectivity index (χ3n) is 3.77. The maximum atomic E-state index is 12.9. The van der Waals surface area contributed by atoms with Crippen molar-refractivity contribution in [3.8, 4) is 5.82 Å². The van der Waals surface area contributed by atoms with Gasteiger partial charge in [0.2, 0.25) is 0 Å². The molecule has 4 nitrogen and oxygen atoms in total. The molecule has 0 fully saturated rings. The molecule has 3 aromatic rings. The Hall–Kier alpha value is -2.56. The van der Waals surface area contributed by atoms with Gasteiger partial charge in [0.25, 0.3) is 5.56 Å². The topological polar surface area (TPSA) is 47.8 Å². The van der Waals surface area contributed by atoms with Crippen LogP contribution in [0.1, 0.15) is 18.1 Å². The quantitative estimate of drug-likeness (QED) is 0.446. The van der Waals surface area contributed by atoms with E-state index < -0.39 is 29.0 Å². The SMILES string of the molecule is CCSc1cc(C(F)(F)F)cnc1-n1ncc2cc(C(F)(F)F)ccc2c1=O. The van der Waals surface area contributed by atoms with E-state index in [-0.39, 0.29) is 21.5 Å². The molecular weight excluding hydrogens is 408 g/mol. The minimum atomic E-state index is -4.61. The molecule has 0 N–H and O–H groups in total. The molecule has 28 heavy (non-hydrogen) atoms. The van der Waals surface area contributed by atoms with Crippen molar-refractivity contribution in [1.29, 1.82) is 0 Å². The Labute approximate surface area is 158 Å². The summed E-state index contributed by atoms with van der Waals surface area (Å²) in [5.41, 5.74) is -2.69. The van der Waals surface area contributed by atoms with Crippen molar-refractivity contribution in [2.75, 3.05) is 5.75 Å². The van der Waals surface area contributed by atoms with Crippen LogP contribution >= 0.6 is 11.8 Å². The zero-order valence-electron chi connectivity index (χ0n) is 14.1. The molecule has 148 valence electrons. The Morgan fingerprint density at radius 2 is 1.68 bits per heavy atom. The molecule has 0 atom stereocenters. The maximum absolute atomic E-state index is 12.9. The summed E-state index contributed by atoms with van der Waals surface area (Å²) in [6.07, 6.45) is -7.56. The van der Waals surface area contributed by atoms with E-state index in [4.69, 9.17) is 0 Å². The van der Waals surface area contributed by atoms with Crippen LogP contribution in [0.5, 0.6) is 0 Å². The number of alkyl halides is 6. The van der Waals surface area contributed by atoms with Gasteiger partial charge in [-0.3, -0.25) is 4.79 Å². The molecule has 0 saturated heterocycles. The van der Waals surface area contributed by atoms with Crippen molar-refractivity contribution < 1.29 is 26.3 Å². The van der Waals surface area contributed by atoms with Crippen molar-refractivity contribution >= 4 is 22.5 Å². The number of hydrogen-bond acceptors (Lipinski definition) is 4. The molecule has 0 saturated carbocycles. The van der Waals surface area contributed by atoms with E-state index in [0.717, 1.165) is 46.9 Å². The van der Waals surface area contributed by atoms with E-state index in [9.17, 15) is 31.1 Å². The van der Waals surface area contributed by atoms with E-state index in [2.05, 4.69) is 10.1 Å². The van der Waals surface area contributed by atoms with Gasteiger partial charge < -0.3 is 0 Å².